The molecule has 0 bridgehead atoms. The van der Waals surface area contributed by atoms with Gasteiger partial charge in [0.25, 0.3) is 0 Å². The molecule has 2 aliphatic rings. The molecule has 0 amide bonds. The van der Waals surface area contributed by atoms with Crippen LogP contribution < -0.4 is 4.90 Å². The lowest BCUT2D eigenvalue weighted by molar-refractivity contribution is -0.894. The Morgan fingerprint density at radius 3 is 2.53 bits per heavy atom. The monoisotopic (exact) mass is 267 g/mol. The van der Waals surface area contributed by atoms with Crippen molar-refractivity contribution in [3.05, 3.63) is 0 Å². The Morgan fingerprint density at radius 1 is 1.21 bits per heavy atom. The van der Waals surface area contributed by atoms with E-state index in [0.717, 1.165) is 57.6 Å². The molecular weight excluding hydrogens is 240 g/mol. The van der Waals surface area contributed by atoms with E-state index in [1.54, 1.807) is 4.90 Å². The number of carbonyl (C=O) groups is 1. The zero-order chi connectivity index (χ0) is 13.7. The van der Waals surface area contributed by atoms with Crippen molar-refractivity contribution in [2.45, 2.75) is 58.0 Å². The second-order valence-corrected chi connectivity index (χ2v) is 5.74. The molecule has 0 atom stereocenters. The van der Waals surface area contributed by atoms with Crippen molar-refractivity contribution in [1.82, 2.24) is 0 Å². The van der Waals surface area contributed by atoms with Crippen LogP contribution in [0, 0.1) is 0 Å². The van der Waals surface area contributed by atoms with E-state index in [1.165, 1.54) is 6.42 Å². The van der Waals surface area contributed by atoms with Gasteiger partial charge < -0.3 is 9.64 Å². The number of ether oxygens (including phenoxy) is 1. The Hall–Kier alpha value is -0.900. The number of esters is 1. The van der Waals surface area contributed by atoms with E-state index < -0.39 is 0 Å². The van der Waals surface area contributed by atoms with Crippen LogP contribution in [0.25, 0.3) is 0 Å². The van der Waals surface area contributed by atoms with Gasteiger partial charge in [-0.2, -0.15) is 0 Å². The predicted octanol–water partition coefficient (Wildman–Crippen LogP) is 1.00. The largest absolute Gasteiger partial charge is 0.453 e. The Bertz CT molecular complexity index is 342. The molecule has 1 aliphatic heterocycles. The minimum absolute atomic E-state index is 0.0733. The fourth-order valence-corrected chi connectivity index (χ4v) is 3.28. The Labute approximate surface area is 116 Å². The molecule has 108 valence electrons. The van der Waals surface area contributed by atoms with Crippen LogP contribution in [0.4, 0.5) is 0 Å². The molecule has 19 heavy (non-hydrogen) atoms. The van der Waals surface area contributed by atoms with Crippen molar-refractivity contribution >= 4 is 11.7 Å². The molecule has 1 spiro atoms. The van der Waals surface area contributed by atoms with Crippen molar-refractivity contribution in [3.8, 4) is 0 Å². The summed E-state index contributed by atoms with van der Waals surface area (Å²) >= 11 is 0. The van der Waals surface area contributed by atoms with Crippen molar-refractivity contribution in [2.75, 3.05) is 26.2 Å². The highest BCUT2D eigenvalue weighted by molar-refractivity contribution is 6.09. The van der Waals surface area contributed by atoms with Gasteiger partial charge in [-0.25, -0.2) is 0 Å². The maximum Gasteiger partial charge on any atom is 0.312 e. The zero-order valence-corrected chi connectivity index (χ0v) is 12.3. The molecule has 0 radical (unpaired) electrons. The molecule has 4 nitrogen and oxygen atoms in total. The molecule has 1 saturated carbocycles. The second kappa shape index (κ2) is 6.51. The summed E-state index contributed by atoms with van der Waals surface area (Å²) in [4.78, 5) is 17.9. The highest BCUT2D eigenvalue weighted by atomic mass is 16.6. The highest BCUT2D eigenvalue weighted by Crippen LogP contribution is 2.38. The molecule has 0 aromatic rings. The van der Waals surface area contributed by atoms with Gasteiger partial charge in [-0.15, -0.1) is 0 Å². The van der Waals surface area contributed by atoms with E-state index in [1.807, 2.05) is 0 Å². The molecule has 1 heterocycles. The number of nitrogens with zero attached hydrogens (tertiary/aromatic N) is 1. The van der Waals surface area contributed by atoms with E-state index in [9.17, 15) is 4.79 Å². The lowest BCUT2D eigenvalue weighted by Gasteiger charge is -2.32. The van der Waals surface area contributed by atoms with Gasteiger partial charge in [0, 0.05) is 0 Å². The van der Waals surface area contributed by atoms with Crippen molar-refractivity contribution in [3.63, 3.8) is 0 Å². The van der Waals surface area contributed by atoms with E-state index >= 15 is 0 Å². The number of carbonyl (C=O) groups excluding carboxylic acids is 1. The van der Waals surface area contributed by atoms with Crippen molar-refractivity contribution in [1.29, 1.82) is 0 Å². The summed E-state index contributed by atoms with van der Waals surface area (Å²) in [6, 6.07) is 0. The van der Waals surface area contributed by atoms with Gasteiger partial charge in [-0.05, 0) is 39.5 Å². The Kier molecular flexibility index (Phi) is 4.97. The lowest BCUT2D eigenvalue weighted by Crippen LogP contribution is -3.11. The maximum atomic E-state index is 11.6. The van der Waals surface area contributed by atoms with Crippen LogP contribution in [-0.4, -0.2) is 43.5 Å². The first-order chi connectivity index (χ1) is 9.20. The first-order valence-electron chi connectivity index (χ1n) is 7.79. The minimum atomic E-state index is -0.312. The van der Waals surface area contributed by atoms with Crippen LogP contribution in [0.5, 0.6) is 0 Å². The number of likely N-dealkylation sites (N-methyl/N-ethyl adjacent to an activating group) is 1. The standard InChI is InChI=1S/C15H26N2O2/c1-3-17(4-2)11-10-16-13-12-14(18)19-15(13)8-6-5-7-9-15/h3-12H2,1-2H3/p+1. The third-order valence-corrected chi connectivity index (χ3v) is 4.58. The van der Waals surface area contributed by atoms with Crippen LogP contribution >= 0.6 is 0 Å². The Balaban J connectivity index is 1.98. The number of nitrogens with one attached hydrogen (secondary N) is 1. The second-order valence-electron chi connectivity index (χ2n) is 5.74. The quantitative estimate of drug-likeness (QED) is 0.755. The van der Waals surface area contributed by atoms with Gasteiger partial charge in [-0.1, -0.05) is 6.42 Å². The summed E-state index contributed by atoms with van der Waals surface area (Å²) in [7, 11) is 0. The minimum Gasteiger partial charge on any atom is -0.453 e. The van der Waals surface area contributed by atoms with Crippen LogP contribution in [0.1, 0.15) is 52.4 Å². The van der Waals surface area contributed by atoms with Gasteiger partial charge in [-0.3, -0.25) is 9.79 Å². The fraction of sp³-hybridized carbons (Fsp3) is 0.867. The third-order valence-electron chi connectivity index (χ3n) is 4.58. The van der Waals surface area contributed by atoms with Gasteiger partial charge in [0.1, 0.15) is 0 Å². The van der Waals surface area contributed by atoms with E-state index in [4.69, 9.17) is 9.73 Å². The molecule has 1 N–H and O–H groups in total. The number of quaternary nitrogens is 1. The summed E-state index contributed by atoms with van der Waals surface area (Å²) < 4.78 is 5.64. The van der Waals surface area contributed by atoms with Gasteiger partial charge in [0.05, 0.1) is 38.3 Å². The number of rotatable bonds is 5. The molecule has 2 fully saturated rings. The Morgan fingerprint density at radius 2 is 1.89 bits per heavy atom. The molecular formula is C15H27N2O2+. The SMILES string of the molecule is CC[NH+](CC)CCN=C1CC(=O)OC12CCCCC2. The normalized spacial score (nSPS) is 24.4. The van der Waals surface area contributed by atoms with E-state index in [2.05, 4.69) is 13.8 Å². The summed E-state index contributed by atoms with van der Waals surface area (Å²) in [6.07, 6.45) is 5.97. The first kappa shape index (κ1) is 14.5. The predicted molar refractivity (Wildman–Crippen MR) is 75.7 cm³/mol. The van der Waals surface area contributed by atoms with E-state index in [-0.39, 0.29) is 11.6 Å². The highest BCUT2D eigenvalue weighted by Gasteiger charge is 2.46. The molecule has 4 heteroatoms. The smallest absolute Gasteiger partial charge is 0.312 e. The summed E-state index contributed by atoms with van der Waals surface area (Å²) in [5.41, 5.74) is 0.720. The number of hydrogen-bond acceptors (Lipinski definition) is 3. The lowest BCUT2D eigenvalue weighted by atomic mass is 9.81. The fourth-order valence-electron chi connectivity index (χ4n) is 3.28. The van der Waals surface area contributed by atoms with Gasteiger partial charge >= 0.3 is 5.97 Å². The number of aliphatic imine (C=N–C) groups is 1. The summed E-state index contributed by atoms with van der Waals surface area (Å²) in [6.45, 7) is 8.57. The van der Waals surface area contributed by atoms with Crippen LogP contribution in [0.2, 0.25) is 0 Å². The van der Waals surface area contributed by atoms with Crippen molar-refractivity contribution < 1.29 is 14.4 Å². The van der Waals surface area contributed by atoms with Crippen LogP contribution in [-0.2, 0) is 9.53 Å². The van der Waals surface area contributed by atoms with E-state index in [0.29, 0.717) is 6.42 Å². The summed E-state index contributed by atoms with van der Waals surface area (Å²) in [5, 5.41) is 0. The third kappa shape index (κ3) is 3.35. The van der Waals surface area contributed by atoms with Crippen molar-refractivity contribution in [2.24, 2.45) is 4.99 Å². The number of hydrogen-bond donors (Lipinski definition) is 1. The topological polar surface area (TPSA) is 43.1 Å². The maximum absolute atomic E-state index is 11.6. The van der Waals surface area contributed by atoms with Crippen LogP contribution in [0.3, 0.4) is 0 Å². The molecule has 1 aliphatic carbocycles. The molecule has 0 unspecified atom stereocenters. The summed E-state index contributed by atoms with van der Waals surface area (Å²) in [5.74, 6) is -0.0733. The molecule has 1 saturated heterocycles. The average molecular weight is 267 g/mol. The zero-order valence-electron chi connectivity index (χ0n) is 12.3. The van der Waals surface area contributed by atoms with Gasteiger partial charge in [0.15, 0.2) is 5.60 Å². The van der Waals surface area contributed by atoms with Crippen LogP contribution in [0.15, 0.2) is 4.99 Å². The first-order valence-corrected chi connectivity index (χ1v) is 7.79. The molecule has 0 aromatic carbocycles. The van der Waals surface area contributed by atoms with Gasteiger partial charge in [0.2, 0.25) is 0 Å². The molecule has 0 aromatic heterocycles. The average Bonchev–Trinajstić information content (AvgIpc) is 2.71. The molecule has 2 rings (SSSR count).